The molecule has 0 saturated heterocycles. The van der Waals surface area contributed by atoms with Crippen LogP contribution in [0.5, 0.6) is 0 Å². The summed E-state index contributed by atoms with van der Waals surface area (Å²) in [5.74, 6) is 0.755. The maximum absolute atomic E-state index is 7.18. The number of hydrogen-bond donors (Lipinski definition) is 1. The Balaban J connectivity index is 1.54. The molecule has 0 spiro atoms. The first kappa shape index (κ1) is 22.7. The third-order valence-corrected chi connectivity index (χ3v) is 9.78. The predicted molar refractivity (Wildman–Crippen MR) is 138 cm³/mol. The molecule has 33 heavy (non-hydrogen) atoms. The van der Waals surface area contributed by atoms with E-state index >= 15 is 0 Å². The van der Waals surface area contributed by atoms with Gasteiger partial charge in [0.2, 0.25) is 0 Å². The summed E-state index contributed by atoms with van der Waals surface area (Å²) >= 11 is 0. The number of ether oxygens (including phenoxy) is 1. The molecular weight excluding hydrogens is 404 g/mol. The molecule has 5 rings (SSSR count). The number of benzene rings is 1. The van der Waals surface area contributed by atoms with Crippen LogP contribution in [-0.4, -0.2) is 21.4 Å². The van der Waals surface area contributed by atoms with Crippen molar-refractivity contribution in [2.75, 3.05) is 0 Å². The van der Waals surface area contributed by atoms with E-state index in [1.54, 1.807) is 0 Å². The van der Waals surface area contributed by atoms with E-state index < -0.39 is 0 Å². The fraction of sp³-hybridized carbons (Fsp3) is 0.567. The Hall–Kier alpha value is -2.13. The molecule has 2 aliphatic carbocycles. The Morgan fingerprint density at radius 2 is 1.88 bits per heavy atom. The number of fused-ring (bicyclic) bond motifs is 4. The summed E-state index contributed by atoms with van der Waals surface area (Å²) in [6, 6.07) is 6.71. The molecule has 1 aromatic heterocycles. The van der Waals surface area contributed by atoms with Gasteiger partial charge in [-0.2, -0.15) is 5.10 Å². The monoisotopic (exact) mass is 444 g/mol. The quantitative estimate of drug-likeness (QED) is 0.507. The van der Waals surface area contributed by atoms with E-state index in [0.717, 1.165) is 30.7 Å². The topological polar surface area (TPSA) is 37.9 Å². The van der Waals surface area contributed by atoms with E-state index in [0.29, 0.717) is 0 Å². The summed E-state index contributed by atoms with van der Waals surface area (Å²) in [4.78, 5) is 0. The van der Waals surface area contributed by atoms with Crippen LogP contribution in [0.2, 0.25) is 0 Å². The van der Waals surface area contributed by atoms with Crippen molar-refractivity contribution >= 4 is 16.5 Å². The number of aromatic nitrogens is 2. The normalized spacial score (nSPS) is 33.7. The molecule has 2 heterocycles. The Kier molecular flexibility index (Phi) is 5.10. The van der Waals surface area contributed by atoms with Crippen molar-refractivity contribution in [1.29, 1.82) is 0 Å². The Labute approximate surface area is 199 Å². The van der Waals surface area contributed by atoms with Crippen LogP contribution in [0.4, 0.5) is 0 Å². The Morgan fingerprint density at radius 1 is 1.09 bits per heavy atom. The highest BCUT2D eigenvalue weighted by Crippen LogP contribution is 2.69. The third kappa shape index (κ3) is 3.15. The van der Waals surface area contributed by atoms with Crippen molar-refractivity contribution in [2.45, 2.75) is 91.8 Å². The molecule has 0 radical (unpaired) electrons. The average molecular weight is 445 g/mol. The van der Waals surface area contributed by atoms with E-state index in [1.807, 2.05) is 6.20 Å². The maximum atomic E-state index is 7.18. The SMILES string of the molecule is CCC(C)CCC1=CC2=CCC3(C)C(c4ccc5[nH]ncc5c4)=CC[C@@]3(C)[C@]2(C)OC1(C)C. The van der Waals surface area contributed by atoms with Crippen LogP contribution in [0.25, 0.3) is 16.5 Å². The second-order valence-corrected chi connectivity index (χ2v) is 11.9. The molecule has 1 N–H and O–H groups in total. The first-order valence-corrected chi connectivity index (χ1v) is 12.8. The number of nitrogens with one attached hydrogen (secondary N) is 1. The minimum atomic E-state index is -0.318. The fourth-order valence-corrected chi connectivity index (χ4v) is 6.77. The van der Waals surface area contributed by atoms with Gasteiger partial charge < -0.3 is 4.74 Å². The highest BCUT2D eigenvalue weighted by Gasteiger charge is 2.64. The van der Waals surface area contributed by atoms with Crippen molar-refractivity contribution in [3.05, 3.63) is 59.3 Å². The van der Waals surface area contributed by atoms with Crippen LogP contribution in [-0.2, 0) is 4.74 Å². The van der Waals surface area contributed by atoms with Crippen LogP contribution < -0.4 is 0 Å². The molecule has 1 aliphatic heterocycles. The molecule has 0 bridgehead atoms. The van der Waals surface area contributed by atoms with Crippen molar-refractivity contribution in [3.63, 3.8) is 0 Å². The highest BCUT2D eigenvalue weighted by atomic mass is 16.5. The van der Waals surface area contributed by atoms with Crippen LogP contribution in [0, 0.1) is 16.7 Å². The molecule has 0 amide bonds. The number of H-pyrrole nitrogens is 1. The van der Waals surface area contributed by atoms with E-state index in [2.05, 4.69) is 95.1 Å². The van der Waals surface area contributed by atoms with Crippen molar-refractivity contribution in [1.82, 2.24) is 10.2 Å². The zero-order valence-electron chi connectivity index (χ0n) is 21.5. The van der Waals surface area contributed by atoms with Gasteiger partial charge in [0.25, 0.3) is 0 Å². The van der Waals surface area contributed by atoms with Gasteiger partial charge in [-0.3, -0.25) is 5.10 Å². The largest absolute Gasteiger partial charge is 0.360 e. The molecule has 3 aliphatic rings. The lowest BCUT2D eigenvalue weighted by molar-refractivity contribution is -0.184. The van der Waals surface area contributed by atoms with Gasteiger partial charge >= 0.3 is 0 Å². The van der Waals surface area contributed by atoms with E-state index in [1.165, 1.54) is 40.5 Å². The molecule has 1 aromatic carbocycles. The highest BCUT2D eigenvalue weighted by molar-refractivity contribution is 5.85. The smallest absolute Gasteiger partial charge is 0.0976 e. The van der Waals surface area contributed by atoms with Gasteiger partial charge in [-0.25, -0.2) is 0 Å². The van der Waals surface area contributed by atoms with E-state index in [9.17, 15) is 0 Å². The zero-order valence-corrected chi connectivity index (χ0v) is 21.5. The van der Waals surface area contributed by atoms with E-state index in [4.69, 9.17) is 4.74 Å². The first-order chi connectivity index (χ1) is 15.5. The van der Waals surface area contributed by atoms with Gasteiger partial charge in [0.1, 0.15) is 0 Å². The summed E-state index contributed by atoms with van der Waals surface area (Å²) in [5.41, 5.74) is 6.14. The lowest BCUT2D eigenvalue weighted by atomic mass is 9.50. The Morgan fingerprint density at radius 3 is 2.64 bits per heavy atom. The molecule has 3 nitrogen and oxygen atoms in total. The first-order valence-electron chi connectivity index (χ1n) is 12.8. The van der Waals surface area contributed by atoms with E-state index in [-0.39, 0.29) is 22.0 Å². The molecule has 0 saturated carbocycles. The van der Waals surface area contributed by atoms with Crippen LogP contribution in [0.3, 0.4) is 0 Å². The molecule has 4 atom stereocenters. The average Bonchev–Trinajstić information content (AvgIpc) is 3.34. The van der Waals surface area contributed by atoms with Crippen LogP contribution in [0.15, 0.2) is 53.8 Å². The van der Waals surface area contributed by atoms with Crippen LogP contribution in [0.1, 0.15) is 86.1 Å². The molecule has 2 unspecified atom stereocenters. The second kappa shape index (κ2) is 7.43. The lowest BCUT2D eigenvalue weighted by Gasteiger charge is -2.61. The number of hydrogen-bond acceptors (Lipinski definition) is 2. The van der Waals surface area contributed by atoms with Crippen molar-refractivity contribution in [2.24, 2.45) is 16.7 Å². The van der Waals surface area contributed by atoms with Gasteiger partial charge in [-0.05, 0) is 86.8 Å². The maximum Gasteiger partial charge on any atom is 0.0976 e. The lowest BCUT2D eigenvalue weighted by Crippen LogP contribution is -2.61. The van der Waals surface area contributed by atoms with Gasteiger partial charge in [-0.15, -0.1) is 0 Å². The number of nitrogens with zero attached hydrogens (tertiary/aromatic N) is 1. The van der Waals surface area contributed by atoms with Gasteiger partial charge in [-0.1, -0.05) is 58.4 Å². The minimum absolute atomic E-state index is 0.0131. The summed E-state index contributed by atoms with van der Waals surface area (Å²) in [6.45, 7) is 16.5. The number of aromatic amines is 1. The van der Waals surface area contributed by atoms with Crippen molar-refractivity contribution < 1.29 is 4.74 Å². The third-order valence-electron chi connectivity index (χ3n) is 9.78. The van der Waals surface area contributed by atoms with Crippen molar-refractivity contribution in [3.8, 4) is 0 Å². The minimum Gasteiger partial charge on any atom is -0.360 e. The molecule has 2 aromatic rings. The molecule has 0 fully saturated rings. The summed E-state index contributed by atoms with van der Waals surface area (Å²) in [5, 5.41) is 8.48. The predicted octanol–water partition coefficient (Wildman–Crippen LogP) is 8.01. The Bertz CT molecular complexity index is 1180. The number of rotatable bonds is 5. The van der Waals surface area contributed by atoms with Gasteiger partial charge in [0.05, 0.1) is 22.9 Å². The van der Waals surface area contributed by atoms with Crippen LogP contribution >= 0.6 is 0 Å². The van der Waals surface area contributed by atoms with Gasteiger partial charge in [0.15, 0.2) is 0 Å². The summed E-state index contributed by atoms with van der Waals surface area (Å²) < 4.78 is 7.18. The summed E-state index contributed by atoms with van der Waals surface area (Å²) in [7, 11) is 0. The fourth-order valence-electron chi connectivity index (χ4n) is 6.77. The summed E-state index contributed by atoms with van der Waals surface area (Å²) in [6.07, 6.45) is 15.1. The van der Waals surface area contributed by atoms with Gasteiger partial charge in [0, 0.05) is 16.2 Å². The number of allylic oxidation sites excluding steroid dienone is 3. The second-order valence-electron chi connectivity index (χ2n) is 11.9. The molecule has 3 heteroatoms. The molecule has 176 valence electrons. The standard InChI is InChI=1S/C30H40N2O/c1-8-20(2)9-11-23-18-24-13-15-28(5)25(21-10-12-26-22(17-21)19-31-32-26)14-16-29(28,6)30(24,7)33-27(23,3)4/h10,12-14,17-20H,8-9,11,15-16H2,1-7H3,(H,31,32)/t20?,28?,29-,30-/m1/s1. The zero-order chi connectivity index (χ0) is 23.6. The molecular formula is C30H40N2O.